The molecule has 2 rings (SSSR count). The Balaban J connectivity index is 2.03. The Morgan fingerprint density at radius 2 is 2.00 bits per heavy atom. The highest BCUT2D eigenvalue weighted by Gasteiger charge is 2.57. The first-order valence-corrected chi connectivity index (χ1v) is 9.59. The molecule has 10 heteroatoms. The fourth-order valence-corrected chi connectivity index (χ4v) is 3.06. The van der Waals surface area contributed by atoms with E-state index in [0.29, 0.717) is 30.5 Å². The van der Waals surface area contributed by atoms with Crippen LogP contribution in [0.4, 0.5) is 13.2 Å². The Hall–Kier alpha value is -2.26. The molecule has 1 atom stereocenters. The lowest BCUT2D eigenvalue weighted by Crippen LogP contribution is -2.45. The normalized spacial score (nSPS) is 14.5. The molecule has 0 saturated heterocycles. The van der Waals surface area contributed by atoms with Crippen LogP contribution < -0.4 is 10.6 Å². The lowest BCUT2D eigenvalue weighted by atomic mass is 9.98. The summed E-state index contributed by atoms with van der Waals surface area (Å²) in [6, 6.07) is 7.43. The maximum atomic E-state index is 13.6. The van der Waals surface area contributed by atoms with Crippen LogP contribution in [0.1, 0.15) is 24.7 Å². The van der Waals surface area contributed by atoms with Gasteiger partial charge in [0, 0.05) is 50.5 Å². The van der Waals surface area contributed by atoms with Crippen LogP contribution in [0.2, 0.25) is 5.02 Å². The van der Waals surface area contributed by atoms with Crippen LogP contribution in [0.5, 0.6) is 0 Å². The second-order valence-electron chi connectivity index (χ2n) is 6.50. The van der Waals surface area contributed by atoms with E-state index in [9.17, 15) is 18.3 Å². The molecule has 0 spiro atoms. The van der Waals surface area contributed by atoms with Crippen molar-refractivity contribution in [2.45, 2.75) is 31.5 Å². The van der Waals surface area contributed by atoms with E-state index >= 15 is 0 Å². The van der Waals surface area contributed by atoms with Gasteiger partial charge in [0.2, 0.25) is 5.60 Å². The van der Waals surface area contributed by atoms with E-state index in [2.05, 4.69) is 20.6 Å². The molecule has 0 aliphatic heterocycles. The molecule has 0 saturated carbocycles. The van der Waals surface area contributed by atoms with Gasteiger partial charge in [-0.15, -0.1) is 0 Å². The Morgan fingerprint density at radius 3 is 2.59 bits per heavy atom. The van der Waals surface area contributed by atoms with E-state index in [4.69, 9.17) is 11.6 Å². The summed E-state index contributed by atoms with van der Waals surface area (Å²) in [5, 5.41) is 17.0. The van der Waals surface area contributed by atoms with Crippen LogP contribution >= 0.6 is 11.6 Å². The van der Waals surface area contributed by atoms with Gasteiger partial charge >= 0.3 is 6.18 Å². The number of nitrogens with one attached hydrogen (secondary N) is 2. The third-order valence-electron chi connectivity index (χ3n) is 4.39. The third-order valence-corrected chi connectivity index (χ3v) is 4.76. The van der Waals surface area contributed by atoms with E-state index in [1.165, 1.54) is 19.4 Å². The van der Waals surface area contributed by atoms with Crippen molar-refractivity contribution in [3.63, 3.8) is 0 Å². The minimum absolute atomic E-state index is 0.246. The number of aromatic nitrogens is 2. The van der Waals surface area contributed by atoms with E-state index in [1.54, 1.807) is 6.07 Å². The van der Waals surface area contributed by atoms with Gasteiger partial charge in [-0.2, -0.15) is 13.2 Å². The van der Waals surface area contributed by atoms with Gasteiger partial charge in [-0.1, -0.05) is 29.8 Å². The van der Waals surface area contributed by atoms with Crippen molar-refractivity contribution in [3.05, 3.63) is 53.1 Å². The van der Waals surface area contributed by atoms with E-state index in [0.717, 1.165) is 10.1 Å². The molecule has 29 heavy (non-hydrogen) atoms. The lowest BCUT2D eigenvalue weighted by molar-refractivity contribution is -0.272. The first kappa shape index (κ1) is 23.0. The molecule has 1 aromatic heterocycles. The fraction of sp³-hybridized carbons (Fsp3) is 0.474. The number of aliphatic imine (C=N–C) groups is 1. The fourth-order valence-electron chi connectivity index (χ4n) is 2.83. The van der Waals surface area contributed by atoms with Crippen molar-refractivity contribution in [1.29, 1.82) is 0 Å². The quantitative estimate of drug-likeness (QED) is 0.443. The average molecular weight is 432 g/mol. The van der Waals surface area contributed by atoms with Crippen LogP contribution in [0.3, 0.4) is 0 Å². The lowest BCUT2D eigenvalue weighted by Gasteiger charge is -2.29. The number of benzene rings is 1. The van der Waals surface area contributed by atoms with Crippen LogP contribution in [-0.4, -0.2) is 46.4 Å². The molecule has 0 radical (unpaired) electrons. The monoisotopic (exact) mass is 431 g/mol. The van der Waals surface area contributed by atoms with Crippen LogP contribution in [0.15, 0.2) is 41.7 Å². The summed E-state index contributed by atoms with van der Waals surface area (Å²) in [5.74, 6) is -0.0965. The number of halogens is 4. The van der Waals surface area contributed by atoms with Gasteiger partial charge in [-0.25, -0.2) is 4.98 Å². The molecule has 0 aliphatic carbocycles. The molecule has 3 N–H and O–H groups in total. The first-order valence-electron chi connectivity index (χ1n) is 9.21. The smallest absolute Gasteiger partial charge is 0.374 e. The summed E-state index contributed by atoms with van der Waals surface area (Å²) in [4.78, 5) is 7.85. The molecule has 160 valence electrons. The van der Waals surface area contributed by atoms with Crippen LogP contribution in [0, 0.1) is 0 Å². The summed E-state index contributed by atoms with van der Waals surface area (Å²) in [5.41, 5.74) is -2.12. The van der Waals surface area contributed by atoms with E-state index in [1.807, 2.05) is 25.1 Å². The molecule has 1 unspecified atom stereocenters. The number of imidazole rings is 1. The predicted molar refractivity (Wildman–Crippen MR) is 107 cm³/mol. The highest BCUT2D eigenvalue weighted by Crippen LogP contribution is 2.40. The van der Waals surface area contributed by atoms with Crippen molar-refractivity contribution in [2.24, 2.45) is 12.0 Å². The topological polar surface area (TPSA) is 74.5 Å². The van der Waals surface area contributed by atoms with Gasteiger partial charge in [0.15, 0.2) is 5.96 Å². The zero-order valence-electron chi connectivity index (χ0n) is 16.3. The summed E-state index contributed by atoms with van der Waals surface area (Å²) >= 11 is 6.12. The number of alkyl halides is 3. The maximum Gasteiger partial charge on any atom is 0.424 e. The third kappa shape index (κ3) is 5.86. The van der Waals surface area contributed by atoms with Gasteiger partial charge in [0.1, 0.15) is 5.82 Å². The largest absolute Gasteiger partial charge is 0.424 e. The van der Waals surface area contributed by atoms with Crippen molar-refractivity contribution in [1.82, 2.24) is 20.2 Å². The van der Waals surface area contributed by atoms with E-state index < -0.39 is 24.0 Å². The minimum Gasteiger partial charge on any atom is -0.374 e. The molecule has 0 amide bonds. The molecule has 0 aliphatic rings. The van der Waals surface area contributed by atoms with Crippen molar-refractivity contribution >= 4 is 17.6 Å². The Labute approximate surface area is 172 Å². The number of aryl methyl sites for hydroxylation is 1. The zero-order valence-corrected chi connectivity index (χ0v) is 17.1. The standard InChI is InChI=1S/C19H25ClF3N5O/c1-3-24-17(26-10-8-14-6-4-5-7-15(14)20)27-11-9-18(29,19(21,22)23)16-25-12-13-28(16)2/h4-7,12-13,29H,3,8-11H2,1-2H3,(H2,24,26,27). The molecule has 2 aromatic rings. The second kappa shape index (κ2) is 9.98. The number of hydrogen-bond acceptors (Lipinski definition) is 3. The number of guanidine groups is 1. The zero-order chi connectivity index (χ0) is 21.5. The number of hydrogen-bond donors (Lipinski definition) is 3. The summed E-state index contributed by atoms with van der Waals surface area (Å²) < 4.78 is 41.8. The van der Waals surface area contributed by atoms with E-state index in [-0.39, 0.29) is 6.54 Å². The second-order valence-corrected chi connectivity index (χ2v) is 6.91. The van der Waals surface area contributed by atoms with Crippen LogP contribution in [-0.2, 0) is 19.1 Å². The Kier molecular flexibility index (Phi) is 7.92. The van der Waals surface area contributed by atoms with Gasteiger partial charge in [0.25, 0.3) is 0 Å². The maximum absolute atomic E-state index is 13.6. The van der Waals surface area contributed by atoms with Gasteiger partial charge in [-0.3, -0.25) is 4.99 Å². The molecule has 1 aromatic carbocycles. The van der Waals surface area contributed by atoms with Crippen molar-refractivity contribution in [3.8, 4) is 0 Å². The predicted octanol–water partition coefficient (Wildman–Crippen LogP) is 3.01. The number of rotatable bonds is 8. The number of aliphatic hydroxyl groups is 1. The van der Waals surface area contributed by atoms with Crippen LogP contribution in [0.25, 0.3) is 0 Å². The highest BCUT2D eigenvalue weighted by atomic mass is 35.5. The van der Waals surface area contributed by atoms with Gasteiger partial charge in [-0.05, 0) is 25.0 Å². The summed E-state index contributed by atoms with van der Waals surface area (Å²) in [6.45, 7) is 2.65. The summed E-state index contributed by atoms with van der Waals surface area (Å²) in [7, 11) is 1.41. The minimum atomic E-state index is -4.88. The van der Waals surface area contributed by atoms with Gasteiger partial charge in [0.05, 0.1) is 0 Å². The average Bonchev–Trinajstić information content (AvgIpc) is 3.08. The first-order chi connectivity index (χ1) is 13.7. The molecule has 0 bridgehead atoms. The molecule has 0 fully saturated rings. The Morgan fingerprint density at radius 1 is 1.28 bits per heavy atom. The SMILES string of the molecule is CCNC(=NCCC(O)(c1nccn1C)C(F)(F)F)NCCc1ccccc1Cl. The molecular weight excluding hydrogens is 407 g/mol. The molecule has 6 nitrogen and oxygen atoms in total. The highest BCUT2D eigenvalue weighted by molar-refractivity contribution is 6.31. The van der Waals surface area contributed by atoms with Gasteiger partial charge < -0.3 is 20.3 Å². The molecule has 1 heterocycles. The van der Waals surface area contributed by atoms with Crippen molar-refractivity contribution in [2.75, 3.05) is 19.6 Å². The Bertz CT molecular complexity index is 824. The number of nitrogens with zero attached hydrogens (tertiary/aromatic N) is 3. The summed E-state index contributed by atoms with van der Waals surface area (Å²) in [6.07, 6.45) is -2.32. The van der Waals surface area contributed by atoms with Crippen molar-refractivity contribution < 1.29 is 18.3 Å². The molecular formula is C19H25ClF3N5O.